The first-order valence-electron chi connectivity index (χ1n) is 8.29. The van der Waals surface area contributed by atoms with Gasteiger partial charge in [0.05, 0.1) is 5.92 Å². The molecule has 1 unspecified atom stereocenters. The number of carbonyl (C=O) groups is 2. The molecule has 0 aromatic heterocycles. The van der Waals surface area contributed by atoms with Gasteiger partial charge in [-0.25, -0.2) is 4.39 Å². The maximum absolute atomic E-state index is 13.6. The second-order valence-corrected chi connectivity index (χ2v) is 6.20. The molecular formula is C18H25FN2O2. The Morgan fingerprint density at radius 1 is 1.39 bits per heavy atom. The van der Waals surface area contributed by atoms with Crippen LogP contribution in [0.3, 0.4) is 0 Å². The third-order valence-electron chi connectivity index (χ3n) is 4.40. The topological polar surface area (TPSA) is 40.6 Å². The molecule has 1 fully saturated rings. The van der Waals surface area contributed by atoms with Crippen molar-refractivity contribution in [3.63, 3.8) is 0 Å². The van der Waals surface area contributed by atoms with Gasteiger partial charge in [0.15, 0.2) is 0 Å². The lowest BCUT2D eigenvalue weighted by Crippen LogP contribution is -2.35. The summed E-state index contributed by atoms with van der Waals surface area (Å²) in [5, 5.41) is 0. The SMILES string of the molecule is CCCCN(C)C(=O)C1CC(=O)N(CCc2ccccc2F)C1. The Bertz CT molecular complexity index is 562. The van der Waals surface area contributed by atoms with E-state index >= 15 is 0 Å². The Morgan fingerprint density at radius 2 is 2.13 bits per heavy atom. The second-order valence-electron chi connectivity index (χ2n) is 6.20. The van der Waals surface area contributed by atoms with Gasteiger partial charge in [0.2, 0.25) is 11.8 Å². The lowest BCUT2D eigenvalue weighted by Gasteiger charge is -2.21. The van der Waals surface area contributed by atoms with Gasteiger partial charge in [-0.15, -0.1) is 0 Å². The number of amides is 2. The molecule has 2 amide bonds. The van der Waals surface area contributed by atoms with E-state index in [0.717, 1.165) is 19.4 Å². The predicted octanol–water partition coefficient (Wildman–Crippen LogP) is 2.48. The summed E-state index contributed by atoms with van der Waals surface area (Å²) in [6.07, 6.45) is 2.76. The molecule has 1 aliphatic heterocycles. The fourth-order valence-electron chi connectivity index (χ4n) is 2.93. The first-order chi connectivity index (χ1) is 11.0. The summed E-state index contributed by atoms with van der Waals surface area (Å²) in [6, 6.07) is 6.60. The molecule has 1 aromatic rings. The van der Waals surface area contributed by atoms with Gasteiger partial charge >= 0.3 is 0 Å². The zero-order valence-corrected chi connectivity index (χ0v) is 13.9. The Labute approximate surface area is 137 Å². The number of nitrogens with zero attached hydrogens (tertiary/aromatic N) is 2. The van der Waals surface area contributed by atoms with Crippen molar-refractivity contribution in [1.29, 1.82) is 0 Å². The number of carbonyl (C=O) groups excluding carboxylic acids is 2. The number of hydrogen-bond donors (Lipinski definition) is 0. The Hall–Kier alpha value is -1.91. The Balaban J connectivity index is 1.87. The number of rotatable bonds is 7. The van der Waals surface area contributed by atoms with E-state index in [1.807, 2.05) is 0 Å². The van der Waals surface area contributed by atoms with Crippen molar-refractivity contribution in [2.45, 2.75) is 32.6 Å². The summed E-state index contributed by atoms with van der Waals surface area (Å²) < 4.78 is 13.6. The summed E-state index contributed by atoms with van der Waals surface area (Å²) in [5.74, 6) is -0.472. The van der Waals surface area contributed by atoms with Crippen molar-refractivity contribution in [2.75, 3.05) is 26.7 Å². The van der Waals surface area contributed by atoms with Crippen LogP contribution in [0.25, 0.3) is 0 Å². The average Bonchev–Trinajstić information content (AvgIpc) is 2.92. The van der Waals surface area contributed by atoms with Crippen LogP contribution in [0.5, 0.6) is 0 Å². The first kappa shape index (κ1) is 17.4. The highest BCUT2D eigenvalue weighted by Crippen LogP contribution is 2.21. The van der Waals surface area contributed by atoms with Crippen LogP contribution in [-0.2, 0) is 16.0 Å². The van der Waals surface area contributed by atoms with Gasteiger partial charge in [-0.2, -0.15) is 0 Å². The monoisotopic (exact) mass is 320 g/mol. The van der Waals surface area contributed by atoms with Crippen LogP contribution in [0, 0.1) is 11.7 Å². The highest BCUT2D eigenvalue weighted by atomic mass is 19.1. The fourth-order valence-corrected chi connectivity index (χ4v) is 2.93. The minimum absolute atomic E-state index is 0.0106. The molecule has 126 valence electrons. The van der Waals surface area contributed by atoms with Gasteiger partial charge in [0.1, 0.15) is 5.82 Å². The highest BCUT2D eigenvalue weighted by Gasteiger charge is 2.35. The molecule has 0 aliphatic carbocycles. The van der Waals surface area contributed by atoms with E-state index in [0.29, 0.717) is 25.1 Å². The molecule has 2 rings (SSSR count). The van der Waals surface area contributed by atoms with Gasteiger partial charge in [0, 0.05) is 33.1 Å². The molecule has 5 heteroatoms. The summed E-state index contributed by atoms with van der Waals surface area (Å²) in [4.78, 5) is 27.9. The van der Waals surface area contributed by atoms with E-state index in [4.69, 9.17) is 0 Å². The second kappa shape index (κ2) is 8.09. The number of likely N-dealkylation sites (tertiary alicyclic amines) is 1. The normalized spacial score (nSPS) is 17.6. The number of unbranched alkanes of at least 4 members (excludes halogenated alkanes) is 1. The van der Waals surface area contributed by atoms with E-state index in [2.05, 4.69) is 6.92 Å². The lowest BCUT2D eigenvalue weighted by atomic mass is 10.1. The van der Waals surface area contributed by atoms with E-state index < -0.39 is 0 Å². The van der Waals surface area contributed by atoms with Crippen molar-refractivity contribution >= 4 is 11.8 Å². The minimum Gasteiger partial charge on any atom is -0.345 e. The molecule has 0 bridgehead atoms. The van der Waals surface area contributed by atoms with Crippen LogP contribution in [0.1, 0.15) is 31.7 Å². The fraction of sp³-hybridized carbons (Fsp3) is 0.556. The maximum Gasteiger partial charge on any atom is 0.227 e. The molecule has 0 saturated carbocycles. The quantitative estimate of drug-likeness (QED) is 0.774. The zero-order chi connectivity index (χ0) is 16.8. The number of hydrogen-bond acceptors (Lipinski definition) is 2. The standard InChI is InChI=1S/C18H25FN2O2/c1-3-4-10-20(2)18(23)15-12-17(22)21(13-15)11-9-14-7-5-6-8-16(14)19/h5-8,15H,3-4,9-13H2,1-2H3. The molecule has 1 saturated heterocycles. The summed E-state index contributed by atoms with van der Waals surface area (Å²) in [7, 11) is 1.80. The summed E-state index contributed by atoms with van der Waals surface area (Å²) in [5.41, 5.74) is 0.607. The Kier molecular flexibility index (Phi) is 6.13. The number of halogens is 1. The maximum atomic E-state index is 13.6. The highest BCUT2D eigenvalue weighted by molar-refractivity contribution is 5.89. The van der Waals surface area contributed by atoms with Gasteiger partial charge in [-0.05, 0) is 24.5 Å². The van der Waals surface area contributed by atoms with Gasteiger partial charge in [0.25, 0.3) is 0 Å². The van der Waals surface area contributed by atoms with Crippen LogP contribution in [0.15, 0.2) is 24.3 Å². The third-order valence-corrected chi connectivity index (χ3v) is 4.40. The molecule has 1 heterocycles. The van der Waals surface area contributed by atoms with Crippen molar-refractivity contribution in [1.82, 2.24) is 9.80 Å². The van der Waals surface area contributed by atoms with Crippen molar-refractivity contribution in [3.8, 4) is 0 Å². The van der Waals surface area contributed by atoms with Crippen LogP contribution in [0.4, 0.5) is 4.39 Å². The third kappa shape index (κ3) is 4.53. The smallest absolute Gasteiger partial charge is 0.227 e. The largest absolute Gasteiger partial charge is 0.345 e. The zero-order valence-electron chi connectivity index (χ0n) is 13.9. The minimum atomic E-state index is -0.259. The Morgan fingerprint density at radius 3 is 2.83 bits per heavy atom. The average molecular weight is 320 g/mol. The van der Waals surface area contributed by atoms with Crippen LogP contribution in [0.2, 0.25) is 0 Å². The van der Waals surface area contributed by atoms with Crippen LogP contribution >= 0.6 is 0 Å². The first-order valence-corrected chi connectivity index (χ1v) is 8.29. The van der Waals surface area contributed by atoms with Crippen LogP contribution in [-0.4, -0.2) is 48.3 Å². The molecule has 1 aromatic carbocycles. The molecule has 0 radical (unpaired) electrons. The van der Waals surface area contributed by atoms with E-state index in [-0.39, 0.29) is 30.0 Å². The molecule has 23 heavy (non-hydrogen) atoms. The van der Waals surface area contributed by atoms with E-state index in [1.54, 1.807) is 35.0 Å². The van der Waals surface area contributed by atoms with Crippen molar-refractivity contribution in [2.24, 2.45) is 5.92 Å². The summed E-state index contributed by atoms with van der Waals surface area (Å²) >= 11 is 0. The summed E-state index contributed by atoms with van der Waals surface area (Å²) in [6.45, 7) is 3.72. The van der Waals surface area contributed by atoms with Gasteiger partial charge in [-0.1, -0.05) is 31.5 Å². The molecule has 1 aliphatic rings. The van der Waals surface area contributed by atoms with Crippen molar-refractivity contribution in [3.05, 3.63) is 35.6 Å². The molecule has 0 spiro atoms. The molecular weight excluding hydrogens is 295 g/mol. The van der Waals surface area contributed by atoms with E-state index in [9.17, 15) is 14.0 Å². The molecule has 1 atom stereocenters. The van der Waals surface area contributed by atoms with Gasteiger partial charge in [-0.3, -0.25) is 9.59 Å². The lowest BCUT2D eigenvalue weighted by molar-refractivity contribution is -0.134. The number of benzene rings is 1. The van der Waals surface area contributed by atoms with Crippen LogP contribution < -0.4 is 0 Å². The molecule has 0 N–H and O–H groups in total. The van der Waals surface area contributed by atoms with Crippen molar-refractivity contribution < 1.29 is 14.0 Å². The van der Waals surface area contributed by atoms with Gasteiger partial charge < -0.3 is 9.80 Å². The predicted molar refractivity (Wildman–Crippen MR) is 87.3 cm³/mol. The molecule has 4 nitrogen and oxygen atoms in total. The van der Waals surface area contributed by atoms with E-state index in [1.165, 1.54) is 6.07 Å².